The van der Waals surface area contributed by atoms with Gasteiger partial charge in [0.15, 0.2) is 0 Å². The van der Waals surface area contributed by atoms with E-state index in [9.17, 15) is 9.90 Å². The molecule has 0 spiro atoms. The van der Waals surface area contributed by atoms with Gasteiger partial charge in [0.1, 0.15) is 5.75 Å². The number of amides is 1. The molecule has 1 fully saturated rings. The molecule has 1 amide bonds. The molecule has 4 nitrogen and oxygen atoms in total. The molecule has 0 aromatic heterocycles. The lowest BCUT2D eigenvalue weighted by atomic mass is 9.99. The minimum atomic E-state index is 0.0323. The maximum atomic E-state index is 12.2. The van der Waals surface area contributed by atoms with Gasteiger partial charge >= 0.3 is 0 Å². The number of hydrogen-bond acceptors (Lipinski definition) is 3. The first-order valence-electron chi connectivity index (χ1n) is 7.60. The third-order valence-electron chi connectivity index (χ3n) is 4.22. The van der Waals surface area contributed by atoms with Crippen molar-refractivity contribution in [2.75, 3.05) is 26.3 Å². The molecule has 112 valence electrons. The zero-order valence-electron chi connectivity index (χ0n) is 12.1. The van der Waals surface area contributed by atoms with Crippen LogP contribution >= 0.6 is 0 Å². The number of ether oxygens (including phenoxy) is 1. The third-order valence-corrected chi connectivity index (χ3v) is 4.22. The van der Waals surface area contributed by atoms with Crippen molar-refractivity contribution in [1.29, 1.82) is 0 Å². The molecule has 0 bridgehead atoms. The van der Waals surface area contributed by atoms with Crippen LogP contribution in [0.3, 0.4) is 0 Å². The number of benzene rings is 1. The number of aliphatic hydroxyl groups excluding tert-OH is 1. The zero-order valence-corrected chi connectivity index (χ0v) is 12.1. The van der Waals surface area contributed by atoms with E-state index in [1.165, 1.54) is 5.56 Å². The highest BCUT2D eigenvalue weighted by Gasteiger charge is 2.21. The monoisotopic (exact) mass is 287 g/mol. The maximum absolute atomic E-state index is 12.2. The standard InChI is InChI=1S/C17H21NO3/c19-12-14-2-1-8-18(11-14)17(20)6-4-13-3-5-16-15(10-13)7-9-21-16/h3-6,10,14,19H,1-2,7-9,11-12H2/b6-4+/t14-/m1/s1. The number of rotatable bonds is 3. The van der Waals surface area contributed by atoms with Crippen LogP contribution in [-0.2, 0) is 11.2 Å². The van der Waals surface area contributed by atoms with Gasteiger partial charge in [0.05, 0.1) is 6.61 Å². The first-order chi connectivity index (χ1) is 10.3. The van der Waals surface area contributed by atoms with Gasteiger partial charge in [-0.3, -0.25) is 4.79 Å². The molecule has 1 aromatic rings. The van der Waals surface area contributed by atoms with Gasteiger partial charge in [-0.1, -0.05) is 6.07 Å². The average Bonchev–Trinajstić information content (AvgIpc) is 3.00. The Balaban J connectivity index is 1.64. The molecule has 4 heteroatoms. The largest absolute Gasteiger partial charge is 0.493 e. The number of aliphatic hydroxyl groups is 1. The normalized spacial score (nSPS) is 21.4. The Morgan fingerprint density at radius 1 is 1.48 bits per heavy atom. The van der Waals surface area contributed by atoms with E-state index in [4.69, 9.17) is 4.74 Å². The number of fused-ring (bicyclic) bond motifs is 1. The van der Waals surface area contributed by atoms with E-state index in [2.05, 4.69) is 6.07 Å². The molecule has 1 atom stereocenters. The van der Waals surface area contributed by atoms with Crippen molar-refractivity contribution < 1.29 is 14.6 Å². The summed E-state index contributed by atoms with van der Waals surface area (Å²) in [6, 6.07) is 6.02. The van der Waals surface area contributed by atoms with Crippen LogP contribution in [0.4, 0.5) is 0 Å². The Hall–Kier alpha value is -1.81. The fourth-order valence-electron chi connectivity index (χ4n) is 3.00. The lowest BCUT2D eigenvalue weighted by Crippen LogP contribution is -2.40. The molecule has 0 radical (unpaired) electrons. The van der Waals surface area contributed by atoms with Gasteiger partial charge in [0, 0.05) is 32.2 Å². The number of carbonyl (C=O) groups excluding carboxylic acids is 1. The predicted molar refractivity (Wildman–Crippen MR) is 81.1 cm³/mol. The van der Waals surface area contributed by atoms with Gasteiger partial charge in [-0.15, -0.1) is 0 Å². The Morgan fingerprint density at radius 3 is 3.24 bits per heavy atom. The van der Waals surface area contributed by atoms with Crippen molar-refractivity contribution in [2.45, 2.75) is 19.3 Å². The molecule has 0 unspecified atom stereocenters. The highest BCUT2D eigenvalue weighted by Crippen LogP contribution is 2.26. The SMILES string of the molecule is O=C(/C=C/c1ccc2c(c1)CCO2)N1CCC[C@@H](CO)C1. The summed E-state index contributed by atoms with van der Waals surface area (Å²) in [6.45, 7) is 2.37. The third kappa shape index (κ3) is 3.27. The fraction of sp³-hybridized carbons (Fsp3) is 0.471. The van der Waals surface area contributed by atoms with E-state index < -0.39 is 0 Å². The molecule has 2 aliphatic heterocycles. The second kappa shape index (κ2) is 6.31. The molecule has 3 rings (SSSR count). The van der Waals surface area contributed by atoms with Gasteiger partial charge in [0.2, 0.25) is 5.91 Å². The Labute approximate surface area is 125 Å². The van der Waals surface area contributed by atoms with Crippen LogP contribution < -0.4 is 4.74 Å². The van der Waals surface area contributed by atoms with E-state index in [-0.39, 0.29) is 18.4 Å². The second-order valence-corrected chi connectivity index (χ2v) is 5.77. The van der Waals surface area contributed by atoms with Crippen molar-refractivity contribution in [1.82, 2.24) is 4.90 Å². The van der Waals surface area contributed by atoms with Crippen LogP contribution in [0.1, 0.15) is 24.0 Å². The first kappa shape index (κ1) is 14.1. The quantitative estimate of drug-likeness (QED) is 0.863. The summed E-state index contributed by atoms with van der Waals surface area (Å²) < 4.78 is 5.48. The van der Waals surface area contributed by atoms with Crippen LogP contribution in [-0.4, -0.2) is 42.2 Å². The van der Waals surface area contributed by atoms with Gasteiger partial charge in [-0.2, -0.15) is 0 Å². The Bertz CT molecular complexity index is 553. The summed E-state index contributed by atoms with van der Waals surface area (Å²) >= 11 is 0. The van der Waals surface area contributed by atoms with Gasteiger partial charge in [0.25, 0.3) is 0 Å². The maximum Gasteiger partial charge on any atom is 0.246 e. The minimum Gasteiger partial charge on any atom is -0.493 e. The van der Waals surface area contributed by atoms with Crippen molar-refractivity contribution in [3.63, 3.8) is 0 Å². The van der Waals surface area contributed by atoms with Crippen LogP contribution in [0.25, 0.3) is 6.08 Å². The molecule has 1 saturated heterocycles. The lowest BCUT2D eigenvalue weighted by molar-refractivity contribution is -0.127. The van der Waals surface area contributed by atoms with Gasteiger partial charge < -0.3 is 14.7 Å². The van der Waals surface area contributed by atoms with Crippen molar-refractivity contribution in [3.8, 4) is 5.75 Å². The Morgan fingerprint density at radius 2 is 2.38 bits per heavy atom. The molecule has 0 saturated carbocycles. The molecule has 0 aliphatic carbocycles. The zero-order chi connectivity index (χ0) is 14.7. The van der Waals surface area contributed by atoms with Crippen LogP contribution in [0.5, 0.6) is 5.75 Å². The fourth-order valence-corrected chi connectivity index (χ4v) is 3.00. The van der Waals surface area contributed by atoms with Crippen LogP contribution in [0.2, 0.25) is 0 Å². The van der Waals surface area contributed by atoms with Crippen LogP contribution in [0.15, 0.2) is 24.3 Å². The minimum absolute atomic E-state index is 0.0323. The molecular weight excluding hydrogens is 266 g/mol. The van der Waals surface area contributed by atoms with Gasteiger partial charge in [-0.25, -0.2) is 0 Å². The summed E-state index contributed by atoms with van der Waals surface area (Å²) in [5.41, 5.74) is 2.24. The average molecular weight is 287 g/mol. The summed E-state index contributed by atoms with van der Waals surface area (Å²) in [6.07, 6.45) is 6.42. The highest BCUT2D eigenvalue weighted by molar-refractivity contribution is 5.91. The number of likely N-dealkylation sites (tertiary alicyclic amines) is 1. The number of carbonyl (C=O) groups is 1. The predicted octanol–water partition coefficient (Wildman–Crippen LogP) is 1.87. The smallest absolute Gasteiger partial charge is 0.246 e. The van der Waals surface area contributed by atoms with E-state index in [1.54, 1.807) is 6.08 Å². The summed E-state index contributed by atoms with van der Waals surface area (Å²) in [5.74, 6) is 1.22. The van der Waals surface area contributed by atoms with E-state index in [0.29, 0.717) is 6.54 Å². The van der Waals surface area contributed by atoms with E-state index >= 15 is 0 Å². The Kier molecular flexibility index (Phi) is 4.25. The summed E-state index contributed by atoms with van der Waals surface area (Å²) in [5, 5.41) is 9.22. The van der Waals surface area contributed by atoms with Crippen molar-refractivity contribution >= 4 is 12.0 Å². The molecule has 2 heterocycles. The second-order valence-electron chi connectivity index (χ2n) is 5.77. The summed E-state index contributed by atoms with van der Waals surface area (Å²) in [4.78, 5) is 14.0. The van der Waals surface area contributed by atoms with Gasteiger partial charge in [-0.05, 0) is 48.1 Å². The number of nitrogens with zero attached hydrogens (tertiary/aromatic N) is 1. The van der Waals surface area contributed by atoms with E-state index in [0.717, 1.165) is 43.7 Å². The number of piperidine rings is 1. The highest BCUT2D eigenvalue weighted by atomic mass is 16.5. The molecule has 1 aromatic carbocycles. The first-order valence-corrected chi connectivity index (χ1v) is 7.60. The topological polar surface area (TPSA) is 49.8 Å². The van der Waals surface area contributed by atoms with Crippen molar-refractivity contribution in [2.24, 2.45) is 5.92 Å². The molecule has 1 N–H and O–H groups in total. The lowest BCUT2D eigenvalue weighted by Gasteiger charge is -2.31. The van der Waals surface area contributed by atoms with Crippen LogP contribution in [0, 0.1) is 5.92 Å². The molecule has 21 heavy (non-hydrogen) atoms. The number of hydrogen-bond donors (Lipinski definition) is 1. The van der Waals surface area contributed by atoms with Crippen molar-refractivity contribution in [3.05, 3.63) is 35.4 Å². The van der Waals surface area contributed by atoms with E-state index in [1.807, 2.05) is 23.1 Å². The molecule has 2 aliphatic rings. The molecular formula is C17H21NO3. The summed E-state index contributed by atoms with van der Waals surface area (Å²) in [7, 11) is 0.